The third-order valence-corrected chi connectivity index (χ3v) is 3.06. The quantitative estimate of drug-likeness (QED) is 0.906. The molecule has 0 radical (unpaired) electrons. The Morgan fingerprint density at radius 1 is 1.25 bits per heavy atom. The highest BCUT2D eigenvalue weighted by Crippen LogP contribution is 2.21. The van der Waals surface area contributed by atoms with Gasteiger partial charge in [-0.1, -0.05) is 41.9 Å². The molecule has 20 heavy (non-hydrogen) atoms. The molecule has 104 valence electrons. The molecule has 2 aromatic carbocycles. The topological polar surface area (TPSA) is 49.3 Å². The Morgan fingerprint density at radius 2 is 1.95 bits per heavy atom. The first-order chi connectivity index (χ1) is 9.56. The summed E-state index contributed by atoms with van der Waals surface area (Å²) in [5.74, 6) is -0.919. The Kier molecular flexibility index (Phi) is 4.71. The molecule has 0 aliphatic rings. The summed E-state index contributed by atoms with van der Waals surface area (Å²) >= 11 is 5.62. The van der Waals surface area contributed by atoms with Gasteiger partial charge in [-0.2, -0.15) is 0 Å². The van der Waals surface area contributed by atoms with Crippen LogP contribution in [-0.4, -0.2) is 11.0 Å². The molecule has 2 aromatic rings. The summed E-state index contributed by atoms with van der Waals surface area (Å²) in [4.78, 5) is 11.8. The van der Waals surface area contributed by atoms with E-state index in [1.165, 1.54) is 18.2 Å². The van der Waals surface area contributed by atoms with Gasteiger partial charge in [0.25, 0.3) is 0 Å². The van der Waals surface area contributed by atoms with Crippen LogP contribution in [0.3, 0.4) is 0 Å². The number of carbonyl (C=O) groups is 1. The van der Waals surface area contributed by atoms with Crippen molar-refractivity contribution in [3.8, 4) is 0 Å². The fourth-order valence-electron chi connectivity index (χ4n) is 1.75. The maximum Gasteiger partial charge on any atom is 0.227 e. The maximum absolute atomic E-state index is 13.0. The van der Waals surface area contributed by atoms with E-state index in [4.69, 9.17) is 11.6 Å². The number of rotatable bonds is 4. The van der Waals surface area contributed by atoms with Crippen molar-refractivity contribution < 1.29 is 14.3 Å². The molecule has 2 rings (SSSR count). The van der Waals surface area contributed by atoms with Gasteiger partial charge in [0.05, 0.1) is 17.5 Å². The average molecular weight is 294 g/mol. The SMILES string of the molecule is O=C(CC(O)c1ccccc1)Nc1ccc(F)c(Cl)c1. The fraction of sp³-hybridized carbons (Fsp3) is 0.133. The molecule has 1 amide bonds. The molecule has 0 fully saturated rings. The van der Waals surface area contributed by atoms with E-state index in [1.54, 1.807) is 24.3 Å². The molecule has 0 spiro atoms. The van der Waals surface area contributed by atoms with Crippen LogP contribution in [0.15, 0.2) is 48.5 Å². The lowest BCUT2D eigenvalue weighted by molar-refractivity contribution is -0.118. The average Bonchev–Trinajstić information content (AvgIpc) is 2.44. The predicted octanol–water partition coefficient (Wildman–Crippen LogP) is 3.54. The van der Waals surface area contributed by atoms with Crippen LogP contribution in [0.2, 0.25) is 5.02 Å². The second kappa shape index (κ2) is 6.50. The van der Waals surface area contributed by atoms with Crippen LogP contribution in [0.25, 0.3) is 0 Å². The van der Waals surface area contributed by atoms with E-state index in [9.17, 15) is 14.3 Å². The maximum atomic E-state index is 13.0. The van der Waals surface area contributed by atoms with Crippen molar-refractivity contribution >= 4 is 23.2 Å². The minimum atomic E-state index is -0.882. The fourth-order valence-corrected chi connectivity index (χ4v) is 1.94. The molecule has 0 heterocycles. The molecule has 1 unspecified atom stereocenters. The molecule has 5 heteroatoms. The molecule has 2 N–H and O–H groups in total. The van der Waals surface area contributed by atoms with Gasteiger partial charge < -0.3 is 10.4 Å². The molecular formula is C15H13ClFNO2. The van der Waals surface area contributed by atoms with Crippen molar-refractivity contribution in [1.82, 2.24) is 0 Å². The first-order valence-electron chi connectivity index (χ1n) is 6.04. The summed E-state index contributed by atoms with van der Waals surface area (Å²) in [6, 6.07) is 12.8. The minimum Gasteiger partial charge on any atom is -0.388 e. The van der Waals surface area contributed by atoms with Gasteiger partial charge in [0.1, 0.15) is 5.82 Å². The van der Waals surface area contributed by atoms with Crippen LogP contribution < -0.4 is 5.32 Å². The highest BCUT2D eigenvalue weighted by atomic mass is 35.5. The van der Waals surface area contributed by atoms with Crippen LogP contribution in [0.4, 0.5) is 10.1 Å². The van der Waals surface area contributed by atoms with E-state index < -0.39 is 11.9 Å². The number of hydrogen-bond acceptors (Lipinski definition) is 2. The number of amides is 1. The van der Waals surface area contributed by atoms with Crippen LogP contribution in [-0.2, 0) is 4.79 Å². The summed E-state index contributed by atoms with van der Waals surface area (Å²) in [6.07, 6.45) is -0.967. The van der Waals surface area contributed by atoms with E-state index in [2.05, 4.69) is 5.32 Å². The number of carbonyl (C=O) groups excluding carboxylic acids is 1. The molecule has 1 atom stereocenters. The van der Waals surface area contributed by atoms with Gasteiger partial charge in [0, 0.05) is 5.69 Å². The number of aliphatic hydroxyl groups excluding tert-OH is 1. The third-order valence-electron chi connectivity index (χ3n) is 2.77. The Labute approximate surface area is 121 Å². The van der Waals surface area contributed by atoms with Crippen molar-refractivity contribution in [3.05, 3.63) is 64.9 Å². The van der Waals surface area contributed by atoms with Crippen molar-refractivity contribution in [2.45, 2.75) is 12.5 Å². The van der Waals surface area contributed by atoms with Gasteiger partial charge in [-0.3, -0.25) is 4.79 Å². The molecule has 0 aliphatic heterocycles. The lowest BCUT2D eigenvalue weighted by Crippen LogP contribution is -2.15. The van der Waals surface area contributed by atoms with Crippen molar-refractivity contribution in [1.29, 1.82) is 0 Å². The highest BCUT2D eigenvalue weighted by Gasteiger charge is 2.13. The second-order valence-corrected chi connectivity index (χ2v) is 4.71. The van der Waals surface area contributed by atoms with Crippen LogP contribution in [0, 0.1) is 5.82 Å². The largest absolute Gasteiger partial charge is 0.388 e. The second-order valence-electron chi connectivity index (χ2n) is 4.31. The predicted molar refractivity (Wildman–Crippen MR) is 76.1 cm³/mol. The Balaban J connectivity index is 1.97. The number of halogens is 2. The van der Waals surface area contributed by atoms with Gasteiger partial charge >= 0.3 is 0 Å². The van der Waals surface area contributed by atoms with Gasteiger partial charge in [0.2, 0.25) is 5.91 Å². The van der Waals surface area contributed by atoms with Crippen LogP contribution in [0.1, 0.15) is 18.1 Å². The van der Waals surface area contributed by atoms with Gasteiger partial charge in [-0.15, -0.1) is 0 Å². The standard InChI is InChI=1S/C15H13ClFNO2/c16-12-8-11(6-7-13(12)17)18-15(20)9-14(19)10-4-2-1-3-5-10/h1-8,14,19H,9H2,(H,18,20). The zero-order valence-corrected chi connectivity index (χ0v) is 11.3. The monoisotopic (exact) mass is 293 g/mol. The van der Waals surface area contributed by atoms with E-state index in [0.717, 1.165) is 0 Å². The first kappa shape index (κ1) is 14.5. The van der Waals surface area contributed by atoms with E-state index in [0.29, 0.717) is 11.3 Å². The number of anilines is 1. The van der Waals surface area contributed by atoms with Crippen molar-refractivity contribution in [2.75, 3.05) is 5.32 Å². The number of benzene rings is 2. The zero-order chi connectivity index (χ0) is 14.5. The normalized spacial score (nSPS) is 11.9. The van der Waals surface area contributed by atoms with E-state index in [1.807, 2.05) is 6.07 Å². The van der Waals surface area contributed by atoms with E-state index in [-0.39, 0.29) is 17.4 Å². The van der Waals surface area contributed by atoms with Gasteiger partial charge in [0.15, 0.2) is 0 Å². The Hall–Kier alpha value is -1.91. The molecule has 0 bridgehead atoms. The lowest BCUT2D eigenvalue weighted by atomic mass is 10.1. The molecule has 3 nitrogen and oxygen atoms in total. The molecule has 0 saturated carbocycles. The summed E-state index contributed by atoms with van der Waals surface area (Å²) < 4.78 is 13.0. The Morgan fingerprint density at radius 3 is 2.60 bits per heavy atom. The Bertz CT molecular complexity index is 604. The van der Waals surface area contributed by atoms with Crippen LogP contribution >= 0.6 is 11.6 Å². The van der Waals surface area contributed by atoms with Crippen LogP contribution in [0.5, 0.6) is 0 Å². The molecule has 0 aromatic heterocycles. The molecule has 0 aliphatic carbocycles. The van der Waals surface area contributed by atoms with Gasteiger partial charge in [-0.25, -0.2) is 4.39 Å². The third kappa shape index (κ3) is 3.79. The minimum absolute atomic E-state index is 0.0635. The van der Waals surface area contributed by atoms with Crippen molar-refractivity contribution in [2.24, 2.45) is 0 Å². The number of aliphatic hydroxyl groups is 1. The lowest BCUT2D eigenvalue weighted by Gasteiger charge is -2.11. The summed E-state index contributed by atoms with van der Waals surface area (Å²) in [7, 11) is 0. The number of hydrogen-bond donors (Lipinski definition) is 2. The molecule has 0 saturated heterocycles. The van der Waals surface area contributed by atoms with E-state index >= 15 is 0 Å². The summed E-state index contributed by atoms with van der Waals surface area (Å²) in [5.41, 5.74) is 1.06. The summed E-state index contributed by atoms with van der Waals surface area (Å²) in [6.45, 7) is 0. The zero-order valence-electron chi connectivity index (χ0n) is 10.5. The first-order valence-corrected chi connectivity index (χ1v) is 6.42. The highest BCUT2D eigenvalue weighted by molar-refractivity contribution is 6.31. The smallest absolute Gasteiger partial charge is 0.227 e. The summed E-state index contributed by atoms with van der Waals surface area (Å²) in [5, 5.41) is 12.4. The molecular weight excluding hydrogens is 281 g/mol. The van der Waals surface area contributed by atoms with Gasteiger partial charge in [-0.05, 0) is 23.8 Å². The number of nitrogens with one attached hydrogen (secondary N) is 1. The van der Waals surface area contributed by atoms with Crippen molar-refractivity contribution in [3.63, 3.8) is 0 Å².